The summed E-state index contributed by atoms with van der Waals surface area (Å²) in [6.45, 7) is 7.14. The van der Waals surface area contributed by atoms with Gasteiger partial charge in [-0.3, -0.25) is 4.72 Å². The van der Waals surface area contributed by atoms with Gasteiger partial charge >= 0.3 is 0 Å². The third-order valence-electron chi connectivity index (χ3n) is 5.74. The number of aryl methyl sites for hydroxylation is 4. The quantitative estimate of drug-likeness (QED) is 0.117. The number of hydrogen-bond acceptors (Lipinski definition) is 13. The van der Waals surface area contributed by atoms with Crippen LogP contribution in [0.5, 0.6) is 11.5 Å². The van der Waals surface area contributed by atoms with E-state index in [1.807, 2.05) is 0 Å². The Hall–Kier alpha value is -5.07. The van der Waals surface area contributed by atoms with Crippen LogP contribution >= 0.6 is 10.7 Å². The number of nitrogens with two attached hydrogens (primary N) is 1. The number of nitrogens with one attached hydrogen (secondary N) is 1. The molecule has 19 heteroatoms. The number of rotatable bonds is 4. The molecule has 0 atom stereocenters. The fraction of sp³-hybridized carbons (Fsp3) is 0.185. The van der Waals surface area contributed by atoms with E-state index in [-0.39, 0.29) is 37.6 Å². The van der Waals surface area contributed by atoms with E-state index in [0.717, 1.165) is 22.8 Å². The van der Waals surface area contributed by atoms with E-state index in [4.69, 9.17) is 21.5 Å². The molecule has 0 bridgehead atoms. The van der Waals surface area contributed by atoms with Crippen LogP contribution in [0.4, 0.5) is 11.4 Å². The minimum atomic E-state index is -4.02. The second-order valence-electron chi connectivity index (χ2n) is 9.41. The number of nitrogens with zero attached hydrogens (tertiary/aromatic N) is 8. The Kier molecular flexibility index (Phi) is 10.7. The molecule has 0 saturated heterocycles. The molecule has 0 radical (unpaired) electrons. The van der Waals surface area contributed by atoms with Crippen LogP contribution in [0, 0.1) is 27.7 Å². The Morgan fingerprint density at radius 3 is 1.65 bits per heavy atom. The molecule has 16 nitrogen and oxygen atoms in total. The molecule has 0 aliphatic carbocycles. The van der Waals surface area contributed by atoms with E-state index in [9.17, 15) is 21.9 Å². The predicted octanol–water partition coefficient (Wildman–Crippen LogP) is 3.77. The number of aromatic hydroxyl groups is 2. The molecule has 0 unspecified atom stereocenters. The van der Waals surface area contributed by atoms with Gasteiger partial charge in [0, 0.05) is 34.9 Å². The van der Waals surface area contributed by atoms with Crippen LogP contribution in [0.3, 0.4) is 0 Å². The van der Waals surface area contributed by atoms with E-state index >= 15 is 0 Å². The highest BCUT2D eigenvalue weighted by atomic mass is 35.7. The number of aromatic nitrogens is 8. The molecule has 0 saturated carbocycles. The molecule has 6 aromatic rings. The fourth-order valence-electron chi connectivity index (χ4n) is 3.75. The van der Waals surface area contributed by atoms with Crippen molar-refractivity contribution >= 4 is 52.7 Å². The maximum Gasteiger partial charge on any atom is 0.299 e. The van der Waals surface area contributed by atoms with Gasteiger partial charge in [0.05, 0.1) is 11.4 Å². The van der Waals surface area contributed by atoms with Gasteiger partial charge in [0.2, 0.25) is 0 Å². The summed E-state index contributed by atoms with van der Waals surface area (Å²) < 4.78 is 51.6. The number of halogens is 1. The first-order chi connectivity index (χ1) is 21.0. The molecule has 0 spiro atoms. The number of sulfonamides is 1. The zero-order valence-corrected chi connectivity index (χ0v) is 26.5. The number of para-hydroxylation sites is 4. The maximum absolute atomic E-state index is 12.3. The van der Waals surface area contributed by atoms with Gasteiger partial charge in [-0.05, 0) is 64.1 Å². The molecule has 0 amide bonds. The second kappa shape index (κ2) is 13.9. The Labute approximate surface area is 270 Å². The van der Waals surface area contributed by atoms with Crippen LogP contribution in [0.15, 0.2) is 71.0 Å². The second-order valence-corrected chi connectivity index (χ2v) is 13.4. The standard InChI is InChI=1S/C13H13N5O3S.C7H7ClN4O2S.C6H7NO.CH4.H2/c1-8-7-9(2)18-12(14-8)15-13(16-18)22(20,21)17-10-5-3-4-6-11(10)19;1-4-3-5(2)12-6(9-4)10-7(11-12)15(8,13)14;7-5-3-1-2-4-6(5)8;;/h3-7,17,19H,1-2H3;3H,1-2H3;1-4,8H,7H2;1H4;1H. The van der Waals surface area contributed by atoms with Crippen molar-refractivity contribution in [2.24, 2.45) is 0 Å². The zero-order valence-electron chi connectivity index (χ0n) is 24.2. The van der Waals surface area contributed by atoms with Gasteiger partial charge < -0.3 is 15.9 Å². The summed E-state index contributed by atoms with van der Waals surface area (Å²) >= 11 is 0. The number of fused-ring (bicyclic) bond motifs is 2. The topological polar surface area (TPSA) is 233 Å². The van der Waals surface area contributed by atoms with Crippen LogP contribution in [-0.2, 0) is 19.1 Å². The minimum absolute atomic E-state index is 0. The molecular formula is C27H33ClN10O6S2. The summed E-state index contributed by atoms with van der Waals surface area (Å²) in [7, 11) is -2.80. The molecule has 6 rings (SSSR count). The van der Waals surface area contributed by atoms with Crippen LogP contribution in [-0.4, -0.2) is 66.2 Å². The SMILES string of the molecule is C.Cc1cc(C)n2nc(S(=O)(=O)Cl)nc2n1.Cc1cc(C)n2nc(S(=O)(=O)Nc3ccccc3O)nc2n1.Nc1ccccc1O.[HH]. The minimum Gasteiger partial charge on any atom is -0.506 e. The number of hydrogen-bond donors (Lipinski definition) is 4. The lowest BCUT2D eigenvalue weighted by molar-refractivity contribution is 0.477. The summed E-state index contributed by atoms with van der Waals surface area (Å²) in [4.78, 5) is 15.8. The van der Waals surface area contributed by atoms with Gasteiger partial charge in [-0.25, -0.2) is 27.4 Å². The van der Waals surface area contributed by atoms with Crippen molar-refractivity contribution in [1.82, 2.24) is 39.2 Å². The van der Waals surface area contributed by atoms with Gasteiger partial charge in [0.1, 0.15) is 11.5 Å². The monoisotopic (exact) mass is 692 g/mol. The third-order valence-corrected chi connectivity index (χ3v) is 7.91. The number of benzene rings is 2. The molecule has 4 heterocycles. The van der Waals surface area contributed by atoms with Crippen molar-refractivity contribution < 1.29 is 28.5 Å². The van der Waals surface area contributed by atoms with E-state index < -0.39 is 29.4 Å². The Bertz CT molecular complexity index is 2230. The summed E-state index contributed by atoms with van der Waals surface area (Å²) in [5.74, 6) is 0.398. The summed E-state index contributed by atoms with van der Waals surface area (Å²) in [6.07, 6.45) is 0. The highest BCUT2D eigenvalue weighted by Gasteiger charge is 2.23. The predicted molar refractivity (Wildman–Crippen MR) is 174 cm³/mol. The lowest BCUT2D eigenvalue weighted by Crippen LogP contribution is -2.15. The van der Waals surface area contributed by atoms with E-state index in [1.165, 1.54) is 21.2 Å². The van der Waals surface area contributed by atoms with Crippen LogP contribution in [0.25, 0.3) is 11.6 Å². The normalized spacial score (nSPS) is 11.2. The fourth-order valence-corrected chi connectivity index (χ4v) is 5.26. The summed E-state index contributed by atoms with van der Waals surface area (Å²) in [6, 6.07) is 16.3. The molecule has 246 valence electrons. The Balaban J connectivity index is 0.000000266. The van der Waals surface area contributed by atoms with Gasteiger partial charge in [-0.15, -0.1) is 10.2 Å². The van der Waals surface area contributed by atoms with Crippen molar-refractivity contribution in [2.75, 3.05) is 10.5 Å². The number of anilines is 2. The lowest BCUT2D eigenvalue weighted by Gasteiger charge is -2.06. The lowest BCUT2D eigenvalue weighted by atomic mass is 10.3. The molecular weight excluding hydrogens is 660 g/mol. The molecule has 5 N–H and O–H groups in total. The molecule has 0 aliphatic rings. The number of phenolic OH excluding ortho intramolecular Hbond substituents is 2. The summed E-state index contributed by atoms with van der Waals surface area (Å²) in [5, 5.41) is 25.3. The van der Waals surface area contributed by atoms with Gasteiger partial charge in [0.25, 0.3) is 40.9 Å². The first kappa shape index (κ1) is 35.4. The Morgan fingerprint density at radius 1 is 0.739 bits per heavy atom. The van der Waals surface area contributed by atoms with Crippen molar-refractivity contribution in [2.45, 2.75) is 45.4 Å². The Morgan fingerprint density at radius 2 is 1.20 bits per heavy atom. The number of phenols is 2. The van der Waals surface area contributed by atoms with Crippen LogP contribution < -0.4 is 10.5 Å². The highest BCUT2D eigenvalue weighted by Crippen LogP contribution is 2.24. The molecule has 2 aromatic carbocycles. The third kappa shape index (κ3) is 8.34. The first-order valence-electron chi connectivity index (χ1n) is 12.8. The smallest absolute Gasteiger partial charge is 0.299 e. The maximum atomic E-state index is 12.3. The van der Waals surface area contributed by atoms with Crippen molar-refractivity contribution in [1.29, 1.82) is 0 Å². The average molecular weight is 693 g/mol. The molecule has 4 aromatic heterocycles. The molecule has 46 heavy (non-hydrogen) atoms. The molecule has 0 fully saturated rings. The largest absolute Gasteiger partial charge is 0.506 e. The van der Waals surface area contributed by atoms with Crippen molar-refractivity contribution in [3.8, 4) is 11.5 Å². The van der Waals surface area contributed by atoms with Crippen molar-refractivity contribution in [3.05, 3.63) is 83.4 Å². The van der Waals surface area contributed by atoms with Gasteiger partial charge in [-0.1, -0.05) is 31.7 Å². The zero-order chi connectivity index (χ0) is 33.1. The van der Waals surface area contributed by atoms with E-state index in [1.54, 1.807) is 76.2 Å². The van der Waals surface area contributed by atoms with E-state index in [2.05, 4.69) is 34.9 Å². The average Bonchev–Trinajstić information content (AvgIpc) is 3.58. The number of nitrogen functional groups attached to an aromatic ring is 1. The van der Waals surface area contributed by atoms with Crippen molar-refractivity contribution in [3.63, 3.8) is 0 Å². The van der Waals surface area contributed by atoms with Gasteiger partial charge in [0.15, 0.2) is 0 Å². The van der Waals surface area contributed by atoms with Crippen LogP contribution in [0.1, 0.15) is 31.6 Å². The van der Waals surface area contributed by atoms with Gasteiger partial charge in [-0.2, -0.15) is 18.4 Å². The summed E-state index contributed by atoms with van der Waals surface area (Å²) in [5.41, 5.74) is 8.68. The molecule has 0 aliphatic heterocycles. The first-order valence-corrected chi connectivity index (χ1v) is 16.6. The highest BCUT2D eigenvalue weighted by molar-refractivity contribution is 8.13. The van der Waals surface area contributed by atoms with E-state index in [0.29, 0.717) is 5.69 Å². The van der Waals surface area contributed by atoms with Crippen LogP contribution in [0.2, 0.25) is 0 Å².